The Balaban J connectivity index is 1.87. The maximum atomic E-state index is 14.0. The molecule has 10 heteroatoms. The molecule has 1 aromatic heterocycles. The van der Waals surface area contributed by atoms with E-state index in [1.54, 1.807) is 24.3 Å². The van der Waals surface area contributed by atoms with E-state index >= 15 is 0 Å². The molecule has 32 heavy (non-hydrogen) atoms. The van der Waals surface area contributed by atoms with Crippen molar-refractivity contribution in [2.24, 2.45) is 5.73 Å². The minimum Gasteiger partial charge on any atom is -0.480 e. The lowest BCUT2D eigenvalue weighted by molar-refractivity contribution is -0.136. The third-order valence-electron chi connectivity index (χ3n) is 5.64. The van der Waals surface area contributed by atoms with E-state index in [9.17, 15) is 24.3 Å². The van der Waals surface area contributed by atoms with Crippen molar-refractivity contribution < 1.29 is 23.8 Å². The fourth-order valence-electron chi connectivity index (χ4n) is 4.41. The number of H-pyrrole nitrogens is 1. The topological polar surface area (TPSA) is 145 Å². The van der Waals surface area contributed by atoms with Gasteiger partial charge in [-0.2, -0.15) is 5.26 Å². The fraction of sp³-hybridized carbons (Fsp3) is 0.0909. The number of aliphatic carboxylic acids is 1. The highest BCUT2D eigenvalue weighted by molar-refractivity contribution is 6.16. The van der Waals surface area contributed by atoms with Crippen molar-refractivity contribution in [2.75, 3.05) is 11.4 Å². The third kappa shape index (κ3) is 2.39. The first kappa shape index (κ1) is 19.3. The molecule has 158 valence electrons. The highest BCUT2D eigenvalue weighted by atomic mass is 19.1. The average molecular weight is 431 g/mol. The molecular formula is C22H14FN5O4. The van der Waals surface area contributed by atoms with E-state index < -0.39 is 29.7 Å². The lowest BCUT2D eigenvalue weighted by atomic mass is 9.68. The number of amides is 1. The predicted octanol–water partition coefficient (Wildman–Crippen LogP) is 2.02. The summed E-state index contributed by atoms with van der Waals surface area (Å²) < 4.78 is 19.1. The Morgan fingerprint density at radius 1 is 1.28 bits per heavy atom. The summed E-state index contributed by atoms with van der Waals surface area (Å²) in [5.41, 5.74) is 5.80. The number of halogens is 1. The summed E-state index contributed by atoms with van der Waals surface area (Å²) in [6.45, 7) is -0.615. The SMILES string of the molecule is N#CC1=C(N)Oc2n[nH]c(-c3ccc(F)cc3)c2[C@@]12C(=O)N(CC(=O)O)c1ccccc12. The van der Waals surface area contributed by atoms with Gasteiger partial charge in [-0.3, -0.25) is 19.6 Å². The van der Waals surface area contributed by atoms with E-state index in [0.717, 1.165) is 4.90 Å². The number of nitriles is 1. The fourth-order valence-corrected chi connectivity index (χ4v) is 4.41. The van der Waals surface area contributed by atoms with Crippen LogP contribution in [0.4, 0.5) is 10.1 Å². The van der Waals surface area contributed by atoms with Crippen LogP contribution in [-0.2, 0) is 15.0 Å². The first-order valence-corrected chi connectivity index (χ1v) is 9.45. The molecule has 0 saturated carbocycles. The summed E-state index contributed by atoms with van der Waals surface area (Å²) in [7, 11) is 0. The van der Waals surface area contributed by atoms with E-state index in [2.05, 4.69) is 10.2 Å². The van der Waals surface area contributed by atoms with Crippen LogP contribution in [0.5, 0.6) is 5.88 Å². The van der Waals surface area contributed by atoms with Gasteiger partial charge in [0.1, 0.15) is 29.4 Å². The number of hydrogen-bond donors (Lipinski definition) is 3. The molecule has 3 heterocycles. The maximum absolute atomic E-state index is 14.0. The molecule has 0 aliphatic carbocycles. The summed E-state index contributed by atoms with van der Waals surface area (Å²) in [6, 6.07) is 14.0. The minimum atomic E-state index is -1.78. The summed E-state index contributed by atoms with van der Waals surface area (Å²) in [5.74, 6) is -2.68. The predicted molar refractivity (Wildman–Crippen MR) is 109 cm³/mol. The quantitative estimate of drug-likeness (QED) is 0.575. The van der Waals surface area contributed by atoms with Crippen LogP contribution in [0.15, 0.2) is 60.0 Å². The number of rotatable bonds is 3. The van der Waals surface area contributed by atoms with Crippen molar-refractivity contribution in [3.05, 3.63) is 76.9 Å². The number of anilines is 1. The van der Waals surface area contributed by atoms with Crippen LogP contribution in [0.25, 0.3) is 11.3 Å². The van der Waals surface area contributed by atoms with Gasteiger partial charge in [0.2, 0.25) is 17.7 Å². The number of aromatic amines is 1. The molecule has 9 nitrogen and oxygen atoms in total. The summed E-state index contributed by atoms with van der Waals surface area (Å²) in [4.78, 5) is 26.6. The largest absolute Gasteiger partial charge is 0.480 e. The standard InChI is InChI=1S/C22H14FN5O4/c23-12-7-5-11(6-8-12)18-17-20(27-26-18)32-19(25)14(9-24)22(17)13-3-1-2-4-15(13)28(21(22)31)10-16(29)30/h1-8H,10,25H2,(H,26,27)(H,29,30)/t22-/m0/s1. The van der Waals surface area contributed by atoms with E-state index in [-0.39, 0.29) is 22.9 Å². The van der Waals surface area contributed by atoms with Crippen molar-refractivity contribution in [1.29, 1.82) is 5.26 Å². The van der Waals surface area contributed by atoms with Gasteiger partial charge in [0.25, 0.3) is 0 Å². The van der Waals surface area contributed by atoms with Crippen LogP contribution in [0.1, 0.15) is 11.1 Å². The number of para-hydroxylation sites is 1. The number of nitrogens with one attached hydrogen (secondary N) is 1. The lowest BCUT2D eigenvalue weighted by Gasteiger charge is -2.32. The number of carboxylic acids is 1. The van der Waals surface area contributed by atoms with Crippen LogP contribution in [0, 0.1) is 17.1 Å². The Morgan fingerprint density at radius 3 is 2.69 bits per heavy atom. The molecule has 2 aliphatic rings. The number of ether oxygens (including phenoxy) is 1. The Hall–Kier alpha value is -4.65. The Bertz CT molecular complexity index is 1370. The second kappa shape index (κ2) is 6.68. The van der Waals surface area contributed by atoms with Crippen molar-refractivity contribution in [2.45, 2.75) is 5.41 Å². The number of carbonyl (C=O) groups excluding carboxylic acids is 1. The molecule has 1 atom stereocenters. The van der Waals surface area contributed by atoms with Gasteiger partial charge in [0, 0.05) is 16.8 Å². The van der Waals surface area contributed by atoms with Gasteiger partial charge in [-0.1, -0.05) is 18.2 Å². The van der Waals surface area contributed by atoms with Gasteiger partial charge in [-0.25, -0.2) is 4.39 Å². The van der Waals surface area contributed by atoms with Crippen molar-refractivity contribution in [1.82, 2.24) is 10.2 Å². The van der Waals surface area contributed by atoms with Crippen molar-refractivity contribution >= 4 is 17.6 Å². The number of carboxylic acid groups (broad SMARTS) is 1. The molecule has 1 amide bonds. The zero-order chi connectivity index (χ0) is 22.6. The van der Waals surface area contributed by atoms with Crippen LogP contribution in [-0.4, -0.2) is 33.7 Å². The smallest absolute Gasteiger partial charge is 0.323 e. The normalized spacial score (nSPS) is 18.9. The van der Waals surface area contributed by atoms with Crippen LogP contribution < -0.4 is 15.4 Å². The number of nitrogens with two attached hydrogens (primary N) is 1. The summed E-state index contributed by atoms with van der Waals surface area (Å²) in [6.07, 6.45) is 0. The number of benzene rings is 2. The molecule has 1 spiro atoms. The Morgan fingerprint density at radius 2 is 2.00 bits per heavy atom. The van der Waals surface area contributed by atoms with E-state index in [4.69, 9.17) is 10.5 Å². The number of fused-ring (bicyclic) bond motifs is 4. The average Bonchev–Trinajstić information content (AvgIpc) is 3.29. The second-order valence-electron chi connectivity index (χ2n) is 7.29. The van der Waals surface area contributed by atoms with E-state index in [0.29, 0.717) is 22.5 Å². The molecule has 0 unspecified atom stereocenters. The van der Waals surface area contributed by atoms with Crippen LogP contribution in [0.3, 0.4) is 0 Å². The first-order valence-electron chi connectivity index (χ1n) is 9.45. The summed E-state index contributed by atoms with van der Waals surface area (Å²) >= 11 is 0. The van der Waals surface area contributed by atoms with Gasteiger partial charge in [-0.05, 0) is 30.3 Å². The zero-order valence-corrected chi connectivity index (χ0v) is 16.3. The molecule has 5 rings (SSSR count). The molecule has 0 fully saturated rings. The Kier molecular flexibility index (Phi) is 4.03. The first-order chi connectivity index (χ1) is 15.4. The van der Waals surface area contributed by atoms with Gasteiger partial charge < -0.3 is 15.6 Å². The number of aromatic nitrogens is 2. The van der Waals surface area contributed by atoms with Gasteiger partial charge >= 0.3 is 5.97 Å². The molecule has 3 aromatic rings. The molecule has 0 radical (unpaired) electrons. The second-order valence-corrected chi connectivity index (χ2v) is 7.29. The van der Waals surface area contributed by atoms with Crippen molar-refractivity contribution in [3.8, 4) is 23.2 Å². The third-order valence-corrected chi connectivity index (χ3v) is 5.64. The number of carbonyl (C=O) groups is 2. The maximum Gasteiger partial charge on any atom is 0.323 e. The molecular weight excluding hydrogens is 417 g/mol. The molecule has 0 saturated heterocycles. The molecule has 4 N–H and O–H groups in total. The Labute approximate surface area is 180 Å². The van der Waals surface area contributed by atoms with Gasteiger partial charge in [-0.15, -0.1) is 5.10 Å². The highest BCUT2D eigenvalue weighted by Gasteiger charge is 2.61. The van der Waals surface area contributed by atoms with E-state index in [1.807, 2.05) is 6.07 Å². The summed E-state index contributed by atoms with van der Waals surface area (Å²) in [5, 5.41) is 26.4. The molecule has 2 aromatic carbocycles. The molecule has 2 aliphatic heterocycles. The van der Waals surface area contributed by atoms with E-state index in [1.165, 1.54) is 24.3 Å². The number of nitrogens with zero attached hydrogens (tertiary/aromatic N) is 3. The molecule has 0 bridgehead atoms. The monoisotopic (exact) mass is 431 g/mol. The van der Waals surface area contributed by atoms with Gasteiger partial charge in [0.15, 0.2) is 0 Å². The number of hydrogen-bond acceptors (Lipinski definition) is 6. The van der Waals surface area contributed by atoms with Gasteiger partial charge in [0.05, 0.1) is 11.3 Å². The van der Waals surface area contributed by atoms with Crippen LogP contribution >= 0.6 is 0 Å². The highest BCUT2D eigenvalue weighted by Crippen LogP contribution is 2.56. The lowest BCUT2D eigenvalue weighted by Crippen LogP contribution is -2.47. The van der Waals surface area contributed by atoms with Crippen LogP contribution in [0.2, 0.25) is 0 Å². The van der Waals surface area contributed by atoms with Crippen molar-refractivity contribution in [3.63, 3.8) is 0 Å². The zero-order valence-electron chi connectivity index (χ0n) is 16.3. The minimum absolute atomic E-state index is 0.0267.